The van der Waals surface area contributed by atoms with Crippen molar-refractivity contribution in [3.63, 3.8) is 0 Å². The van der Waals surface area contributed by atoms with Crippen molar-refractivity contribution in [2.75, 3.05) is 13.7 Å². The van der Waals surface area contributed by atoms with Crippen LogP contribution >= 0.6 is 0 Å². The number of rotatable bonds is 5. The van der Waals surface area contributed by atoms with Gasteiger partial charge in [0, 0.05) is 6.42 Å². The molecular weight excluding hydrogens is 228 g/mol. The average Bonchev–Trinajstić information content (AvgIpc) is 2.45. The first kappa shape index (κ1) is 13.0. The van der Waals surface area contributed by atoms with E-state index in [1.165, 1.54) is 12.0 Å². The van der Waals surface area contributed by atoms with Crippen LogP contribution in [0.1, 0.15) is 24.8 Å². The molecule has 0 aromatic heterocycles. The van der Waals surface area contributed by atoms with Crippen LogP contribution in [-0.2, 0) is 15.9 Å². The Balaban J connectivity index is 1.72. The van der Waals surface area contributed by atoms with E-state index in [4.69, 9.17) is 14.2 Å². The van der Waals surface area contributed by atoms with Gasteiger partial charge in [0.15, 0.2) is 6.29 Å². The predicted octanol–water partition coefficient (Wildman–Crippen LogP) is 3.29. The normalized spacial score (nSPS) is 19.9. The van der Waals surface area contributed by atoms with Crippen molar-refractivity contribution in [3.8, 4) is 5.75 Å². The van der Waals surface area contributed by atoms with Crippen LogP contribution < -0.4 is 4.74 Å². The van der Waals surface area contributed by atoms with Crippen LogP contribution in [0.4, 0.5) is 0 Å². The molecule has 0 radical (unpaired) electrons. The van der Waals surface area contributed by atoms with Gasteiger partial charge in [-0.1, -0.05) is 12.1 Å². The second-order valence-electron chi connectivity index (χ2n) is 4.36. The van der Waals surface area contributed by atoms with Crippen LogP contribution in [0.15, 0.2) is 36.6 Å². The van der Waals surface area contributed by atoms with Crippen LogP contribution in [0.5, 0.6) is 5.75 Å². The minimum atomic E-state index is -0.0501. The monoisotopic (exact) mass is 248 g/mol. The lowest BCUT2D eigenvalue weighted by Crippen LogP contribution is -2.19. The zero-order chi connectivity index (χ0) is 12.6. The summed E-state index contributed by atoms with van der Waals surface area (Å²) in [5.41, 5.74) is 1.24. The molecule has 1 aromatic carbocycles. The van der Waals surface area contributed by atoms with Crippen molar-refractivity contribution < 1.29 is 14.2 Å². The van der Waals surface area contributed by atoms with Crippen molar-refractivity contribution in [1.82, 2.24) is 0 Å². The summed E-state index contributed by atoms with van der Waals surface area (Å²) in [5.74, 6) is 0.884. The van der Waals surface area contributed by atoms with Gasteiger partial charge in [-0.3, -0.25) is 0 Å². The number of ether oxygens (including phenoxy) is 3. The van der Waals surface area contributed by atoms with E-state index >= 15 is 0 Å². The summed E-state index contributed by atoms with van der Waals surface area (Å²) in [6, 6.07) is 8.04. The molecule has 1 heterocycles. The van der Waals surface area contributed by atoms with Crippen molar-refractivity contribution in [2.24, 2.45) is 0 Å². The maximum atomic E-state index is 5.52. The molecule has 0 amide bonds. The fourth-order valence-electron chi connectivity index (χ4n) is 1.91. The third-order valence-corrected chi connectivity index (χ3v) is 2.98. The third-order valence-electron chi connectivity index (χ3n) is 2.98. The van der Waals surface area contributed by atoms with E-state index in [9.17, 15) is 0 Å². The predicted molar refractivity (Wildman–Crippen MR) is 70.5 cm³/mol. The molecule has 1 aliphatic rings. The van der Waals surface area contributed by atoms with Crippen molar-refractivity contribution >= 4 is 0 Å². The summed E-state index contributed by atoms with van der Waals surface area (Å²) in [5, 5.41) is 0. The quantitative estimate of drug-likeness (QED) is 0.748. The van der Waals surface area contributed by atoms with E-state index in [2.05, 4.69) is 12.1 Å². The molecule has 0 saturated carbocycles. The molecule has 1 atom stereocenters. The fourth-order valence-corrected chi connectivity index (χ4v) is 1.91. The summed E-state index contributed by atoms with van der Waals surface area (Å²) in [6.07, 6.45) is 7.90. The number of hydrogen-bond donors (Lipinski definition) is 0. The molecule has 1 saturated heterocycles. The second kappa shape index (κ2) is 7.07. The largest absolute Gasteiger partial charge is 0.497 e. The molecule has 98 valence electrons. The Bertz CT molecular complexity index is 364. The van der Waals surface area contributed by atoms with E-state index in [-0.39, 0.29) is 6.29 Å². The Kier molecular flexibility index (Phi) is 5.09. The summed E-state index contributed by atoms with van der Waals surface area (Å²) < 4.78 is 16.1. The molecule has 3 heteroatoms. The lowest BCUT2D eigenvalue weighted by molar-refractivity contribution is -0.129. The van der Waals surface area contributed by atoms with Gasteiger partial charge in [-0.25, -0.2) is 0 Å². The van der Waals surface area contributed by atoms with Crippen LogP contribution in [0.2, 0.25) is 0 Å². The van der Waals surface area contributed by atoms with Crippen molar-refractivity contribution in [1.29, 1.82) is 0 Å². The van der Waals surface area contributed by atoms with E-state index in [0.29, 0.717) is 0 Å². The van der Waals surface area contributed by atoms with E-state index in [1.54, 1.807) is 13.4 Å². The number of allylic oxidation sites excluding steroid dienone is 1. The Morgan fingerprint density at radius 3 is 2.78 bits per heavy atom. The molecule has 1 aromatic rings. The van der Waals surface area contributed by atoms with Gasteiger partial charge in [-0.2, -0.15) is 0 Å². The highest BCUT2D eigenvalue weighted by molar-refractivity contribution is 5.28. The average molecular weight is 248 g/mol. The topological polar surface area (TPSA) is 27.7 Å². The van der Waals surface area contributed by atoms with Gasteiger partial charge in [-0.15, -0.1) is 0 Å². The van der Waals surface area contributed by atoms with E-state index < -0.39 is 0 Å². The molecule has 0 aliphatic carbocycles. The summed E-state index contributed by atoms with van der Waals surface area (Å²) >= 11 is 0. The van der Waals surface area contributed by atoms with Gasteiger partial charge in [0.05, 0.1) is 20.0 Å². The van der Waals surface area contributed by atoms with Crippen LogP contribution in [-0.4, -0.2) is 20.0 Å². The van der Waals surface area contributed by atoms with Gasteiger partial charge in [-0.05, 0) is 43.0 Å². The maximum absolute atomic E-state index is 5.52. The standard InChI is InChI=1S/C15H20O3/c1-16-14-9-7-13(8-10-14)5-4-12-18-15-6-2-3-11-17-15/h4,7-10,12,15H,2-3,5-6,11H2,1H3/b12-4+. The molecule has 1 unspecified atom stereocenters. The lowest BCUT2D eigenvalue weighted by atomic mass is 10.1. The first-order valence-corrected chi connectivity index (χ1v) is 6.43. The minimum absolute atomic E-state index is 0.0501. The van der Waals surface area contributed by atoms with Crippen molar-refractivity contribution in [2.45, 2.75) is 32.0 Å². The lowest BCUT2D eigenvalue weighted by Gasteiger charge is -2.21. The summed E-state index contributed by atoms with van der Waals surface area (Å²) in [6.45, 7) is 0.816. The van der Waals surface area contributed by atoms with Crippen LogP contribution in [0, 0.1) is 0 Å². The SMILES string of the molecule is COc1ccc(C/C=C/OC2CCCCO2)cc1. The molecule has 18 heavy (non-hydrogen) atoms. The Labute approximate surface area is 108 Å². The minimum Gasteiger partial charge on any atom is -0.497 e. The summed E-state index contributed by atoms with van der Waals surface area (Å²) in [4.78, 5) is 0. The van der Waals surface area contributed by atoms with Gasteiger partial charge in [0.25, 0.3) is 0 Å². The first-order chi connectivity index (χ1) is 8.88. The number of benzene rings is 1. The number of hydrogen-bond acceptors (Lipinski definition) is 3. The molecule has 1 aliphatic heterocycles. The number of methoxy groups -OCH3 is 1. The van der Waals surface area contributed by atoms with E-state index in [1.807, 2.05) is 18.2 Å². The molecule has 1 fully saturated rings. The van der Waals surface area contributed by atoms with Crippen LogP contribution in [0.3, 0.4) is 0 Å². The highest BCUT2D eigenvalue weighted by Gasteiger charge is 2.12. The fraction of sp³-hybridized carbons (Fsp3) is 0.467. The summed E-state index contributed by atoms with van der Waals surface area (Å²) in [7, 11) is 1.67. The molecule has 3 nitrogen and oxygen atoms in total. The van der Waals surface area contributed by atoms with Crippen molar-refractivity contribution in [3.05, 3.63) is 42.2 Å². The Morgan fingerprint density at radius 1 is 1.28 bits per heavy atom. The molecule has 0 spiro atoms. The van der Waals surface area contributed by atoms with Crippen LogP contribution in [0.25, 0.3) is 0 Å². The molecule has 0 N–H and O–H groups in total. The van der Waals surface area contributed by atoms with Gasteiger partial charge < -0.3 is 14.2 Å². The first-order valence-electron chi connectivity index (χ1n) is 6.43. The smallest absolute Gasteiger partial charge is 0.198 e. The second-order valence-corrected chi connectivity index (χ2v) is 4.36. The Hall–Kier alpha value is -1.48. The maximum Gasteiger partial charge on any atom is 0.198 e. The Morgan fingerprint density at radius 2 is 2.11 bits per heavy atom. The van der Waals surface area contributed by atoms with Gasteiger partial charge in [0.2, 0.25) is 0 Å². The molecule has 2 rings (SSSR count). The highest BCUT2D eigenvalue weighted by atomic mass is 16.7. The third kappa shape index (κ3) is 4.08. The van der Waals surface area contributed by atoms with Gasteiger partial charge >= 0.3 is 0 Å². The highest BCUT2D eigenvalue weighted by Crippen LogP contribution is 2.14. The van der Waals surface area contributed by atoms with E-state index in [0.717, 1.165) is 31.6 Å². The molecule has 0 bridgehead atoms. The van der Waals surface area contributed by atoms with Gasteiger partial charge in [0.1, 0.15) is 5.75 Å². The zero-order valence-corrected chi connectivity index (χ0v) is 10.8. The molecular formula is C15H20O3. The zero-order valence-electron chi connectivity index (χ0n) is 10.8.